The van der Waals surface area contributed by atoms with Crippen molar-refractivity contribution in [1.82, 2.24) is 5.32 Å². The first-order valence-corrected chi connectivity index (χ1v) is 8.93. The molecule has 1 atom stereocenters. The normalized spacial score (nSPS) is 12.4. The summed E-state index contributed by atoms with van der Waals surface area (Å²) >= 11 is 0. The number of hydrogen-bond donors (Lipinski definition) is 2. The van der Waals surface area contributed by atoms with Gasteiger partial charge < -0.3 is 6.74 Å². The summed E-state index contributed by atoms with van der Waals surface area (Å²) in [5.41, 5.74) is 2.39. The molecule has 0 saturated heterocycles. The second-order valence-corrected chi connectivity index (χ2v) is 6.82. The smallest absolute Gasteiger partial charge is 1.00 e. The molecule has 6 heteroatoms. The second-order valence-electron chi connectivity index (χ2n) is 5.25. The monoisotopic (exact) mass is 343 g/mol. The summed E-state index contributed by atoms with van der Waals surface area (Å²) < 4.78 is 30.3. The van der Waals surface area contributed by atoms with Crippen molar-refractivity contribution in [3.05, 3.63) is 71.8 Å². The van der Waals surface area contributed by atoms with Gasteiger partial charge in [0.15, 0.2) is 0 Å². The van der Waals surface area contributed by atoms with Crippen LogP contribution in [-0.4, -0.2) is 25.3 Å². The minimum atomic E-state index is -3.89. The summed E-state index contributed by atoms with van der Waals surface area (Å²) in [5, 5.41) is 3.38. The van der Waals surface area contributed by atoms with Crippen LogP contribution < -0.4 is 34.9 Å². The molecule has 2 N–H and O–H groups in total. The molecule has 1 unspecified atom stereocenters. The maximum atomic E-state index is 10.8. The van der Waals surface area contributed by atoms with Crippen LogP contribution >= 0.6 is 0 Å². The van der Waals surface area contributed by atoms with Crippen molar-refractivity contribution in [3.8, 4) is 0 Å². The minimum absolute atomic E-state index is 0. The molecule has 4 nitrogen and oxygen atoms in total. The molecule has 120 valence electrons. The van der Waals surface area contributed by atoms with Gasteiger partial charge in [0.2, 0.25) is 0 Å². The van der Waals surface area contributed by atoms with Crippen LogP contribution in [0.4, 0.5) is 0 Å². The third-order valence-electron chi connectivity index (χ3n) is 3.45. The SMILES string of the molecule is O=S(=O)(O)CCCNC(Cc1ccccc1)c1ccccc1.[H-].[Na+]. The fraction of sp³-hybridized carbons (Fsp3) is 0.294. The molecule has 2 rings (SSSR count). The summed E-state index contributed by atoms with van der Waals surface area (Å²) in [6.07, 6.45) is 1.22. The van der Waals surface area contributed by atoms with E-state index in [0.29, 0.717) is 13.0 Å². The Bertz CT molecular complexity index is 669. The summed E-state index contributed by atoms with van der Waals surface area (Å²) in [6.45, 7) is 0.534. The van der Waals surface area contributed by atoms with Crippen LogP contribution in [0.1, 0.15) is 25.0 Å². The number of hydrogen-bond acceptors (Lipinski definition) is 3. The van der Waals surface area contributed by atoms with E-state index < -0.39 is 10.1 Å². The zero-order valence-corrected chi connectivity index (χ0v) is 16.2. The van der Waals surface area contributed by atoms with E-state index in [4.69, 9.17) is 4.55 Å². The van der Waals surface area contributed by atoms with Gasteiger partial charge in [-0.1, -0.05) is 60.7 Å². The number of benzene rings is 2. The van der Waals surface area contributed by atoms with E-state index in [0.717, 1.165) is 6.42 Å². The predicted octanol–water partition coefficient (Wildman–Crippen LogP) is -0.0456. The van der Waals surface area contributed by atoms with Gasteiger partial charge in [0.25, 0.3) is 10.1 Å². The van der Waals surface area contributed by atoms with Gasteiger partial charge in [-0.15, -0.1) is 0 Å². The van der Waals surface area contributed by atoms with Gasteiger partial charge in [-0.25, -0.2) is 0 Å². The van der Waals surface area contributed by atoms with Crippen LogP contribution in [-0.2, 0) is 16.5 Å². The molecule has 0 amide bonds. The summed E-state index contributed by atoms with van der Waals surface area (Å²) in [5.74, 6) is -0.215. The third-order valence-corrected chi connectivity index (χ3v) is 4.26. The predicted molar refractivity (Wildman–Crippen MR) is 89.5 cm³/mol. The molecule has 2 aromatic carbocycles. The van der Waals surface area contributed by atoms with Gasteiger partial charge >= 0.3 is 29.6 Å². The number of nitrogens with one attached hydrogen (secondary N) is 1. The Morgan fingerprint density at radius 2 is 1.57 bits per heavy atom. The molecule has 2 aromatic rings. The van der Waals surface area contributed by atoms with Crippen molar-refractivity contribution < 1.29 is 44.0 Å². The fourth-order valence-electron chi connectivity index (χ4n) is 2.37. The topological polar surface area (TPSA) is 66.4 Å². The Kier molecular flexibility index (Phi) is 9.06. The first-order chi connectivity index (χ1) is 10.5. The van der Waals surface area contributed by atoms with E-state index in [1.54, 1.807) is 0 Å². The van der Waals surface area contributed by atoms with Gasteiger partial charge in [-0.05, 0) is 30.5 Å². The van der Waals surface area contributed by atoms with Crippen LogP contribution in [0.5, 0.6) is 0 Å². The average molecular weight is 343 g/mol. The molecule has 0 spiro atoms. The molecule has 0 fully saturated rings. The largest absolute Gasteiger partial charge is 1.00 e. The molecule has 0 heterocycles. The first-order valence-electron chi connectivity index (χ1n) is 7.32. The zero-order valence-electron chi connectivity index (χ0n) is 14.4. The molecule has 0 radical (unpaired) electrons. The fourth-order valence-corrected chi connectivity index (χ4v) is 2.88. The molecule has 0 aromatic heterocycles. The van der Waals surface area contributed by atoms with Crippen LogP contribution in [0.15, 0.2) is 60.7 Å². The first kappa shape index (κ1) is 20.4. The standard InChI is InChI=1S/C17H21NO3S.Na.H/c19-22(20,21)13-7-12-18-17(16-10-5-2-6-11-16)14-15-8-3-1-4-9-15;;/h1-6,8-11,17-18H,7,12-14H2,(H,19,20,21);;/q;+1;-1. The van der Waals surface area contributed by atoms with Crippen molar-refractivity contribution in [2.24, 2.45) is 0 Å². The van der Waals surface area contributed by atoms with Gasteiger partial charge in [-0.2, -0.15) is 8.42 Å². The van der Waals surface area contributed by atoms with Crippen LogP contribution in [0.25, 0.3) is 0 Å². The number of rotatable bonds is 8. The molecule has 0 aliphatic rings. The van der Waals surface area contributed by atoms with Gasteiger partial charge in [0, 0.05) is 6.04 Å². The van der Waals surface area contributed by atoms with E-state index in [9.17, 15) is 8.42 Å². The van der Waals surface area contributed by atoms with E-state index in [1.807, 2.05) is 36.4 Å². The maximum absolute atomic E-state index is 10.8. The van der Waals surface area contributed by atoms with Crippen molar-refractivity contribution in [3.63, 3.8) is 0 Å². The molecule has 0 saturated carbocycles. The van der Waals surface area contributed by atoms with Crippen LogP contribution in [0.2, 0.25) is 0 Å². The van der Waals surface area contributed by atoms with Crippen molar-refractivity contribution in [2.45, 2.75) is 18.9 Å². The van der Waals surface area contributed by atoms with E-state index in [-0.39, 0.29) is 42.8 Å². The van der Waals surface area contributed by atoms with Gasteiger partial charge in [0.1, 0.15) is 0 Å². The Hall–Kier alpha value is -0.690. The Morgan fingerprint density at radius 3 is 2.13 bits per heavy atom. The summed E-state index contributed by atoms with van der Waals surface area (Å²) in [6, 6.07) is 20.4. The van der Waals surface area contributed by atoms with E-state index >= 15 is 0 Å². The molecule has 0 aliphatic heterocycles. The maximum Gasteiger partial charge on any atom is 1.00 e. The minimum Gasteiger partial charge on any atom is -1.00 e. The van der Waals surface area contributed by atoms with Crippen LogP contribution in [0, 0.1) is 0 Å². The van der Waals surface area contributed by atoms with Crippen molar-refractivity contribution in [2.75, 3.05) is 12.3 Å². The third kappa shape index (κ3) is 8.11. The average Bonchev–Trinajstić information content (AvgIpc) is 2.51. The zero-order chi connectivity index (χ0) is 15.8. The summed E-state index contributed by atoms with van der Waals surface area (Å²) in [7, 11) is -3.89. The Morgan fingerprint density at radius 1 is 1.00 bits per heavy atom. The van der Waals surface area contributed by atoms with E-state index in [1.165, 1.54) is 11.1 Å². The molecular formula is C17H22NNaO3S. The molecule has 0 aliphatic carbocycles. The van der Waals surface area contributed by atoms with Crippen molar-refractivity contribution in [1.29, 1.82) is 0 Å². The summed E-state index contributed by atoms with van der Waals surface area (Å²) in [4.78, 5) is 0. The molecule has 23 heavy (non-hydrogen) atoms. The Balaban J connectivity index is 0.00000264. The second kappa shape index (κ2) is 10.2. The molecule has 0 bridgehead atoms. The Labute approximate surface area is 161 Å². The molecular weight excluding hydrogens is 321 g/mol. The van der Waals surface area contributed by atoms with Crippen molar-refractivity contribution >= 4 is 10.1 Å². The van der Waals surface area contributed by atoms with Gasteiger partial charge in [-0.3, -0.25) is 4.55 Å². The van der Waals surface area contributed by atoms with E-state index in [2.05, 4.69) is 29.6 Å². The quantitative estimate of drug-likeness (QED) is 0.401. The van der Waals surface area contributed by atoms with Crippen LogP contribution in [0.3, 0.4) is 0 Å². The van der Waals surface area contributed by atoms with Gasteiger partial charge in [0.05, 0.1) is 5.75 Å².